The van der Waals surface area contributed by atoms with E-state index in [1.807, 2.05) is 6.07 Å². The van der Waals surface area contributed by atoms with Crippen LogP contribution in [0.3, 0.4) is 0 Å². The standard InChI is InChI=1S/C26H43NO6/c1-4-21(12-7-5-6-8-13-25(28)27-2)22-15-16-23(32-18-10-9-14-26(29)30)24(20-22)33-19-11-17-31-3/h15-16,20-21H,4-14,17-19H2,1-3H3,(H,27,28)(H,29,30)/t21-/m1/s1. The SMILES string of the molecule is CC[C@H](CCCCCCC(=O)NC)c1ccc(OCCCCC(=O)O)c(OCCCOC)c1. The molecule has 1 aromatic rings. The molecule has 0 bridgehead atoms. The third-order valence-corrected chi connectivity index (χ3v) is 5.71. The zero-order chi connectivity index (χ0) is 24.3. The predicted molar refractivity (Wildman–Crippen MR) is 130 cm³/mol. The summed E-state index contributed by atoms with van der Waals surface area (Å²) in [4.78, 5) is 22.0. The number of carbonyl (C=O) groups excluding carboxylic acids is 1. The molecule has 0 aliphatic rings. The van der Waals surface area contributed by atoms with Crippen molar-refractivity contribution in [1.29, 1.82) is 0 Å². The molecule has 0 aliphatic heterocycles. The van der Waals surface area contributed by atoms with Crippen LogP contribution in [0.4, 0.5) is 0 Å². The molecule has 0 spiro atoms. The van der Waals surface area contributed by atoms with Crippen molar-refractivity contribution in [2.45, 2.75) is 83.5 Å². The normalized spacial score (nSPS) is 11.7. The van der Waals surface area contributed by atoms with E-state index in [-0.39, 0.29) is 12.3 Å². The zero-order valence-electron chi connectivity index (χ0n) is 20.7. The van der Waals surface area contributed by atoms with E-state index in [0.717, 1.165) is 50.7 Å². The molecular weight excluding hydrogens is 422 g/mol. The van der Waals surface area contributed by atoms with Gasteiger partial charge in [-0.05, 0) is 55.7 Å². The molecule has 0 radical (unpaired) electrons. The lowest BCUT2D eigenvalue weighted by atomic mass is 9.90. The van der Waals surface area contributed by atoms with Crippen LogP contribution in [0.5, 0.6) is 11.5 Å². The molecule has 1 amide bonds. The van der Waals surface area contributed by atoms with Gasteiger partial charge in [-0.1, -0.05) is 32.3 Å². The van der Waals surface area contributed by atoms with Crippen LogP contribution in [0.25, 0.3) is 0 Å². The van der Waals surface area contributed by atoms with Crippen LogP contribution >= 0.6 is 0 Å². The molecule has 1 rings (SSSR count). The van der Waals surface area contributed by atoms with Gasteiger partial charge >= 0.3 is 5.97 Å². The second-order valence-corrected chi connectivity index (χ2v) is 8.33. The molecule has 188 valence electrons. The highest BCUT2D eigenvalue weighted by molar-refractivity contribution is 5.75. The third-order valence-electron chi connectivity index (χ3n) is 5.71. The Hall–Kier alpha value is -2.28. The van der Waals surface area contributed by atoms with Gasteiger partial charge in [-0.2, -0.15) is 0 Å². The Balaban J connectivity index is 2.64. The fraction of sp³-hybridized carbons (Fsp3) is 0.692. The number of benzene rings is 1. The van der Waals surface area contributed by atoms with Gasteiger partial charge < -0.3 is 24.6 Å². The Labute approximate surface area is 199 Å². The van der Waals surface area contributed by atoms with Crippen LogP contribution in [0.2, 0.25) is 0 Å². The lowest BCUT2D eigenvalue weighted by Crippen LogP contribution is -2.16. The molecule has 1 atom stereocenters. The molecule has 0 aliphatic carbocycles. The Bertz CT molecular complexity index is 679. The maximum absolute atomic E-state index is 11.3. The summed E-state index contributed by atoms with van der Waals surface area (Å²) in [7, 11) is 3.36. The zero-order valence-corrected chi connectivity index (χ0v) is 20.7. The summed E-state index contributed by atoms with van der Waals surface area (Å²) in [6.07, 6.45) is 9.29. The number of carbonyl (C=O) groups is 2. The van der Waals surface area contributed by atoms with Crippen LogP contribution < -0.4 is 14.8 Å². The molecule has 7 heteroatoms. The van der Waals surface area contributed by atoms with Gasteiger partial charge in [-0.15, -0.1) is 0 Å². The molecule has 1 aromatic carbocycles. The van der Waals surface area contributed by atoms with Gasteiger partial charge in [0.1, 0.15) is 0 Å². The highest BCUT2D eigenvalue weighted by Gasteiger charge is 2.14. The number of hydrogen-bond acceptors (Lipinski definition) is 5. The van der Waals surface area contributed by atoms with Crippen molar-refractivity contribution in [3.63, 3.8) is 0 Å². The van der Waals surface area contributed by atoms with Crippen molar-refractivity contribution in [2.24, 2.45) is 0 Å². The summed E-state index contributed by atoms with van der Waals surface area (Å²) < 4.78 is 17.1. The van der Waals surface area contributed by atoms with Crippen molar-refractivity contribution in [3.05, 3.63) is 23.8 Å². The first-order chi connectivity index (χ1) is 16.0. The summed E-state index contributed by atoms with van der Waals surface area (Å²) in [6.45, 7) is 3.87. The number of rotatable bonds is 20. The molecule has 7 nitrogen and oxygen atoms in total. The number of carboxylic acids is 1. The summed E-state index contributed by atoms with van der Waals surface area (Å²) in [5, 5.41) is 11.4. The van der Waals surface area contributed by atoms with E-state index >= 15 is 0 Å². The average Bonchev–Trinajstić information content (AvgIpc) is 2.81. The summed E-state index contributed by atoms with van der Waals surface area (Å²) in [6, 6.07) is 6.19. The van der Waals surface area contributed by atoms with Crippen molar-refractivity contribution in [3.8, 4) is 11.5 Å². The fourth-order valence-corrected chi connectivity index (χ4v) is 3.72. The quantitative estimate of drug-likeness (QED) is 0.253. The molecule has 2 N–H and O–H groups in total. The number of hydrogen-bond donors (Lipinski definition) is 2. The number of ether oxygens (including phenoxy) is 3. The van der Waals surface area contributed by atoms with E-state index in [4.69, 9.17) is 19.3 Å². The minimum atomic E-state index is -0.779. The van der Waals surface area contributed by atoms with Gasteiger partial charge in [0.15, 0.2) is 11.5 Å². The van der Waals surface area contributed by atoms with Gasteiger partial charge in [0.05, 0.1) is 13.2 Å². The molecule has 0 unspecified atom stereocenters. The van der Waals surface area contributed by atoms with E-state index in [9.17, 15) is 9.59 Å². The van der Waals surface area contributed by atoms with Crippen LogP contribution in [0.1, 0.15) is 89.0 Å². The fourth-order valence-electron chi connectivity index (χ4n) is 3.72. The smallest absolute Gasteiger partial charge is 0.303 e. The number of aliphatic carboxylic acids is 1. The minimum Gasteiger partial charge on any atom is -0.490 e. The van der Waals surface area contributed by atoms with E-state index in [1.54, 1.807) is 14.2 Å². The van der Waals surface area contributed by atoms with Gasteiger partial charge in [-0.25, -0.2) is 0 Å². The Morgan fingerprint density at radius 3 is 2.30 bits per heavy atom. The van der Waals surface area contributed by atoms with Crippen molar-refractivity contribution in [1.82, 2.24) is 5.32 Å². The largest absolute Gasteiger partial charge is 0.490 e. The Morgan fingerprint density at radius 1 is 0.909 bits per heavy atom. The number of amides is 1. The Morgan fingerprint density at radius 2 is 1.61 bits per heavy atom. The number of methoxy groups -OCH3 is 1. The molecule has 0 aromatic heterocycles. The van der Waals surface area contributed by atoms with Gasteiger partial charge in [0, 0.05) is 40.0 Å². The number of carboxylic acid groups (broad SMARTS) is 1. The maximum Gasteiger partial charge on any atom is 0.303 e. The molecular formula is C26H43NO6. The second-order valence-electron chi connectivity index (χ2n) is 8.33. The molecule has 0 heterocycles. The number of unbranched alkanes of at least 4 members (excludes halogenated alkanes) is 4. The van der Waals surface area contributed by atoms with Crippen LogP contribution in [-0.2, 0) is 14.3 Å². The second kappa shape index (κ2) is 18.2. The third kappa shape index (κ3) is 13.1. The van der Waals surface area contributed by atoms with Crippen LogP contribution in [0, 0.1) is 0 Å². The van der Waals surface area contributed by atoms with Crippen LogP contribution in [0.15, 0.2) is 18.2 Å². The molecule has 0 saturated heterocycles. The van der Waals surface area contributed by atoms with E-state index in [2.05, 4.69) is 24.4 Å². The van der Waals surface area contributed by atoms with Gasteiger partial charge in [0.25, 0.3) is 0 Å². The minimum absolute atomic E-state index is 0.114. The van der Waals surface area contributed by atoms with Gasteiger partial charge in [0.2, 0.25) is 5.91 Å². The summed E-state index contributed by atoms with van der Waals surface area (Å²) in [5.74, 6) is 1.23. The predicted octanol–water partition coefficient (Wildman–Crippen LogP) is 5.32. The maximum atomic E-state index is 11.3. The van der Waals surface area contributed by atoms with E-state index in [1.165, 1.54) is 5.56 Å². The molecule has 0 saturated carbocycles. The average molecular weight is 466 g/mol. The lowest BCUT2D eigenvalue weighted by molar-refractivity contribution is -0.137. The van der Waals surface area contributed by atoms with E-state index in [0.29, 0.717) is 50.8 Å². The highest BCUT2D eigenvalue weighted by Crippen LogP contribution is 2.34. The topological polar surface area (TPSA) is 94.1 Å². The van der Waals surface area contributed by atoms with Crippen molar-refractivity contribution < 1.29 is 28.9 Å². The number of nitrogens with one attached hydrogen (secondary N) is 1. The Kier molecular flexibility index (Phi) is 15.8. The summed E-state index contributed by atoms with van der Waals surface area (Å²) >= 11 is 0. The van der Waals surface area contributed by atoms with Crippen molar-refractivity contribution >= 4 is 11.9 Å². The first-order valence-corrected chi connectivity index (χ1v) is 12.3. The highest BCUT2D eigenvalue weighted by atomic mass is 16.5. The van der Waals surface area contributed by atoms with E-state index < -0.39 is 5.97 Å². The monoisotopic (exact) mass is 465 g/mol. The lowest BCUT2D eigenvalue weighted by Gasteiger charge is -2.19. The molecule has 33 heavy (non-hydrogen) atoms. The molecule has 0 fully saturated rings. The first kappa shape index (κ1) is 28.8. The van der Waals surface area contributed by atoms with Gasteiger partial charge in [-0.3, -0.25) is 9.59 Å². The summed E-state index contributed by atoms with van der Waals surface area (Å²) in [5.41, 5.74) is 1.25. The van der Waals surface area contributed by atoms with Crippen molar-refractivity contribution in [2.75, 3.05) is 34.0 Å². The first-order valence-electron chi connectivity index (χ1n) is 12.3. The van der Waals surface area contributed by atoms with Crippen LogP contribution in [-0.4, -0.2) is 51.0 Å².